The zero-order valence-electron chi connectivity index (χ0n) is 14.0. The third kappa shape index (κ3) is 2.52. The lowest BCUT2D eigenvalue weighted by Gasteiger charge is -2.32. The van der Waals surface area contributed by atoms with E-state index in [2.05, 4.69) is 15.0 Å². The minimum atomic E-state index is -0.754. The van der Waals surface area contributed by atoms with E-state index >= 15 is 0 Å². The van der Waals surface area contributed by atoms with E-state index in [0.717, 1.165) is 22.4 Å². The van der Waals surface area contributed by atoms with Crippen LogP contribution in [-0.4, -0.2) is 32.4 Å². The number of carbonyl (C=O) groups is 1. The molecular formula is C18H18N4O3. The van der Waals surface area contributed by atoms with Crippen molar-refractivity contribution in [3.8, 4) is 5.88 Å². The van der Waals surface area contributed by atoms with Crippen LogP contribution in [0.15, 0.2) is 29.5 Å². The summed E-state index contributed by atoms with van der Waals surface area (Å²) >= 11 is 0. The molecule has 0 saturated carbocycles. The Labute approximate surface area is 144 Å². The van der Waals surface area contributed by atoms with Gasteiger partial charge in [0.2, 0.25) is 5.88 Å². The van der Waals surface area contributed by atoms with Crippen LogP contribution in [-0.2, 0) is 17.6 Å². The molecule has 0 fully saturated rings. The first-order valence-electron chi connectivity index (χ1n) is 8.09. The Morgan fingerprint density at radius 1 is 1.28 bits per heavy atom. The Balaban J connectivity index is 1.79. The van der Waals surface area contributed by atoms with Gasteiger partial charge in [-0.25, -0.2) is 9.98 Å². The molecule has 2 aromatic rings. The van der Waals surface area contributed by atoms with E-state index in [1.807, 2.05) is 32.0 Å². The number of carboxylic acid groups (broad SMARTS) is 1. The number of nitrogens with zero attached hydrogens (tertiary/aromatic N) is 3. The minimum Gasteiger partial charge on any atom is -0.481 e. The second kappa shape index (κ2) is 5.27. The van der Waals surface area contributed by atoms with Gasteiger partial charge < -0.3 is 15.6 Å². The summed E-state index contributed by atoms with van der Waals surface area (Å²) in [6.45, 7) is 3.83. The first-order chi connectivity index (χ1) is 11.8. The van der Waals surface area contributed by atoms with Crippen LogP contribution in [0, 0.1) is 5.92 Å². The standard InChI is InChI=1S/C18H18N4O3/c1-18(2)14(22-13-15(19)20-8-21-16(13)25-18)10-4-3-9-5-12(17(23)24)7-11(9)6-10/h3-4,6,8,12H,5,7H2,1-2H3,(H,23,24)(H2,19,20,21). The second-order valence-electron chi connectivity index (χ2n) is 6.91. The molecule has 1 unspecified atom stereocenters. The van der Waals surface area contributed by atoms with Gasteiger partial charge in [0, 0.05) is 5.56 Å². The molecule has 2 aliphatic rings. The van der Waals surface area contributed by atoms with Crippen LogP contribution in [0.1, 0.15) is 30.5 Å². The van der Waals surface area contributed by atoms with Crippen molar-refractivity contribution in [3.63, 3.8) is 0 Å². The van der Waals surface area contributed by atoms with Crippen molar-refractivity contribution in [2.75, 3.05) is 5.73 Å². The molecule has 0 radical (unpaired) electrons. The van der Waals surface area contributed by atoms with E-state index in [1.54, 1.807) is 0 Å². The van der Waals surface area contributed by atoms with Gasteiger partial charge in [0.1, 0.15) is 11.9 Å². The lowest BCUT2D eigenvalue weighted by molar-refractivity contribution is -0.141. The van der Waals surface area contributed by atoms with Gasteiger partial charge in [0.05, 0.1) is 11.6 Å². The number of aliphatic imine (C=N–C) groups is 1. The molecule has 4 rings (SSSR count). The summed E-state index contributed by atoms with van der Waals surface area (Å²) in [6.07, 6.45) is 2.46. The molecule has 0 saturated heterocycles. The van der Waals surface area contributed by atoms with Gasteiger partial charge in [-0.05, 0) is 43.9 Å². The number of hydrogen-bond acceptors (Lipinski definition) is 6. The quantitative estimate of drug-likeness (QED) is 0.868. The summed E-state index contributed by atoms with van der Waals surface area (Å²) in [4.78, 5) is 24.0. The molecule has 7 heteroatoms. The van der Waals surface area contributed by atoms with Gasteiger partial charge in [0.25, 0.3) is 0 Å². The third-order valence-corrected chi connectivity index (χ3v) is 4.72. The van der Waals surface area contributed by atoms with Crippen LogP contribution in [0.5, 0.6) is 5.88 Å². The third-order valence-electron chi connectivity index (χ3n) is 4.72. The summed E-state index contributed by atoms with van der Waals surface area (Å²) in [7, 11) is 0. The van der Waals surface area contributed by atoms with Crippen molar-refractivity contribution in [2.24, 2.45) is 10.9 Å². The van der Waals surface area contributed by atoms with Crippen LogP contribution < -0.4 is 10.5 Å². The smallest absolute Gasteiger partial charge is 0.307 e. The maximum absolute atomic E-state index is 11.3. The van der Waals surface area contributed by atoms with Gasteiger partial charge in [-0.2, -0.15) is 4.98 Å². The van der Waals surface area contributed by atoms with E-state index < -0.39 is 11.6 Å². The summed E-state index contributed by atoms with van der Waals surface area (Å²) in [6, 6.07) is 5.94. The highest BCUT2D eigenvalue weighted by atomic mass is 16.5. The normalized spacial score (nSPS) is 20.2. The Bertz CT molecular complexity index is 921. The van der Waals surface area contributed by atoms with Gasteiger partial charge >= 0.3 is 5.97 Å². The lowest BCUT2D eigenvalue weighted by Crippen LogP contribution is -2.41. The van der Waals surface area contributed by atoms with Crippen LogP contribution >= 0.6 is 0 Å². The first kappa shape index (κ1) is 15.6. The maximum Gasteiger partial charge on any atom is 0.307 e. The topological polar surface area (TPSA) is 111 Å². The summed E-state index contributed by atoms with van der Waals surface area (Å²) in [5.41, 5.74) is 9.40. The zero-order valence-corrected chi connectivity index (χ0v) is 14.0. The molecular weight excluding hydrogens is 320 g/mol. The number of aliphatic carboxylic acids is 1. The monoisotopic (exact) mass is 338 g/mol. The number of nitrogen functional groups attached to an aromatic ring is 1. The molecule has 0 amide bonds. The fourth-order valence-electron chi connectivity index (χ4n) is 3.44. The van der Waals surface area contributed by atoms with Crippen molar-refractivity contribution in [1.82, 2.24) is 9.97 Å². The summed E-state index contributed by atoms with van der Waals surface area (Å²) in [5, 5.41) is 9.25. The predicted molar refractivity (Wildman–Crippen MR) is 92.3 cm³/mol. The molecule has 1 atom stereocenters. The van der Waals surface area contributed by atoms with E-state index in [9.17, 15) is 9.90 Å². The van der Waals surface area contributed by atoms with Gasteiger partial charge in [-0.15, -0.1) is 0 Å². The van der Waals surface area contributed by atoms with E-state index in [4.69, 9.17) is 10.5 Å². The molecule has 1 aromatic heterocycles. The minimum absolute atomic E-state index is 0.269. The first-order valence-corrected chi connectivity index (χ1v) is 8.09. The maximum atomic E-state index is 11.3. The number of carboxylic acids is 1. The van der Waals surface area contributed by atoms with Crippen LogP contribution in [0.4, 0.5) is 11.5 Å². The fourth-order valence-corrected chi connectivity index (χ4v) is 3.44. The average molecular weight is 338 g/mol. The zero-order chi connectivity index (χ0) is 17.8. The average Bonchev–Trinajstić information content (AvgIpc) is 2.97. The number of hydrogen-bond donors (Lipinski definition) is 2. The van der Waals surface area contributed by atoms with Crippen LogP contribution in [0.2, 0.25) is 0 Å². The van der Waals surface area contributed by atoms with Crippen LogP contribution in [0.25, 0.3) is 0 Å². The number of anilines is 1. The lowest BCUT2D eigenvalue weighted by atomic mass is 9.92. The molecule has 25 heavy (non-hydrogen) atoms. The fraction of sp³-hybridized carbons (Fsp3) is 0.333. The van der Waals surface area contributed by atoms with Crippen molar-refractivity contribution in [2.45, 2.75) is 32.3 Å². The van der Waals surface area contributed by atoms with E-state index in [-0.39, 0.29) is 11.7 Å². The number of rotatable bonds is 2. The molecule has 128 valence electrons. The Morgan fingerprint density at radius 3 is 2.80 bits per heavy atom. The molecule has 1 aliphatic carbocycles. The number of aromatic nitrogens is 2. The number of fused-ring (bicyclic) bond motifs is 2. The van der Waals surface area contributed by atoms with E-state index in [0.29, 0.717) is 24.4 Å². The van der Waals surface area contributed by atoms with Gasteiger partial charge in [-0.3, -0.25) is 4.79 Å². The number of nitrogens with two attached hydrogens (primary N) is 1. The second-order valence-corrected chi connectivity index (χ2v) is 6.91. The van der Waals surface area contributed by atoms with Crippen molar-refractivity contribution in [3.05, 3.63) is 41.2 Å². The highest BCUT2D eigenvalue weighted by molar-refractivity contribution is 6.09. The van der Waals surface area contributed by atoms with Crippen molar-refractivity contribution < 1.29 is 14.6 Å². The highest BCUT2D eigenvalue weighted by Gasteiger charge is 2.36. The van der Waals surface area contributed by atoms with Crippen molar-refractivity contribution in [1.29, 1.82) is 0 Å². The highest BCUT2D eigenvalue weighted by Crippen LogP contribution is 2.39. The van der Waals surface area contributed by atoms with Gasteiger partial charge in [0.15, 0.2) is 11.5 Å². The van der Waals surface area contributed by atoms with Crippen molar-refractivity contribution >= 4 is 23.2 Å². The summed E-state index contributed by atoms with van der Waals surface area (Å²) < 4.78 is 5.99. The number of ether oxygens (including phenoxy) is 1. The predicted octanol–water partition coefficient (Wildman–Crippen LogP) is 2.15. The molecule has 1 aliphatic heterocycles. The molecule has 3 N–H and O–H groups in total. The Morgan fingerprint density at radius 2 is 2.04 bits per heavy atom. The molecule has 1 aromatic carbocycles. The molecule has 7 nitrogen and oxygen atoms in total. The van der Waals surface area contributed by atoms with Gasteiger partial charge in [-0.1, -0.05) is 12.1 Å². The Hall–Kier alpha value is -2.96. The largest absolute Gasteiger partial charge is 0.481 e. The SMILES string of the molecule is CC1(C)Oc2ncnc(N)c2N=C1c1ccc2c(c1)CC(C(=O)O)C2. The Kier molecular flexibility index (Phi) is 3.28. The van der Waals surface area contributed by atoms with E-state index in [1.165, 1.54) is 6.33 Å². The number of benzene rings is 1. The van der Waals surface area contributed by atoms with Crippen LogP contribution in [0.3, 0.4) is 0 Å². The molecule has 0 spiro atoms. The molecule has 0 bridgehead atoms. The summed E-state index contributed by atoms with van der Waals surface area (Å²) in [5.74, 6) is -0.471. The molecule has 2 heterocycles.